The van der Waals surface area contributed by atoms with E-state index in [9.17, 15) is 22.8 Å². The Morgan fingerprint density at radius 3 is 2.43 bits per heavy atom. The molecule has 7 heteroatoms. The second-order valence-corrected chi connectivity index (χ2v) is 4.87. The third-order valence-corrected chi connectivity index (χ3v) is 3.47. The van der Waals surface area contributed by atoms with Gasteiger partial charge in [-0.3, -0.25) is 9.59 Å². The predicted molar refractivity (Wildman–Crippen MR) is 67.0 cm³/mol. The third-order valence-electron chi connectivity index (χ3n) is 3.47. The maximum absolute atomic E-state index is 13.2. The Bertz CT molecular complexity index is 554. The average Bonchev–Trinajstić information content (AvgIpc) is 2.50. The fourth-order valence-electron chi connectivity index (χ4n) is 2.38. The van der Waals surface area contributed by atoms with Gasteiger partial charge in [-0.05, 0) is 25.0 Å². The summed E-state index contributed by atoms with van der Waals surface area (Å²) >= 11 is 0. The van der Waals surface area contributed by atoms with Crippen LogP contribution in [0.5, 0.6) is 0 Å². The first-order valence-corrected chi connectivity index (χ1v) is 6.45. The molecule has 1 amide bonds. The molecule has 1 aromatic rings. The Morgan fingerprint density at radius 1 is 1.24 bits per heavy atom. The van der Waals surface area contributed by atoms with Crippen molar-refractivity contribution >= 4 is 11.9 Å². The molecule has 4 nitrogen and oxygen atoms in total. The number of ether oxygens (including phenoxy) is 1. The van der Waals surface area contributed by atoms with Gasteiger partial charge in [0.15, 0.2) is 17.5 Å². The number of amides is 1. The van der Waals surface area contributed by atoms with Gasteiger partial charge in [-0.25, -0.2) is 13.2 Å². The van der Waals surface area contributed by atoms with Crippen LogP contribution in [0.15, 0.2) is 12.1 Å². The van der Waals surface area contributed by atoms with Gasteiger partial charge in [0.05, 0.1) is 13.0 Å². The number of carbonyl (C=O) groups excluding carboxylic acids is 2. The summed E-state index contributed by atoms with van der Waals surface area (Å²) in [4.78, 5) is 25.0. The summed E-state index contributed by atoms with van der Waals surface area (Å²) in [5.41, 5.74) is -0.281. The molecule has 0 radical (unpaired) electrons. The maximum atomic E-state index is 13.2. The van der Waals surface area contributed by atoms with Crippen LogP contribution < -0.4 is 0 Å². The summed E-state index contributed by atoms with van der Waals surface area (Å²) in [5, 5.41) is 0. The largest absolute Gasteiger partial charge is 0.469 e. The highest BCUT2D eigenvalue weighted by atomic mass is 19.2. The quantitative estimate of drug-likeness (QED) is 0.621. The Balaban J connectivity index is 2.18. The van der Waals surface area contributed by atoms with Crippen LogP contribution in [0.4, 0.5) is 13.2 Å². The lowest BCUT2D eigenvalue weighted by molar-refractivity contribution is -0.146. The van der Waals surface area contributed by atoms with Crippen molar-refractivity contribution in [3.63, 3.8) is 0 Å². The molecule has 0 aromatic heterocycles. The summed E-state index contributed by atoms with van der Waals surface area (Å²) < 4.78 is 43.9. The highest BCUT2D eigenvalue weighted by molar-refractivity contribution is 5.94. The minimum absolute atomic E-state index is 0.117. The number of rotatable bonds is 2. The molecule has 0 spiro atoms. The van der Waals surface area contributed by atoms with E-state index in [1.54, 1.807) is 0 Å². The number of hydrogen-bond acceptors (Lipinski definition) is 3. The third kappa shape index (κ3) is 3.17. The molecule has 1 aliphatic heterocycles. The van der Waals surface area contributed by atoms with E-state index < -0.39 is 35.2 Å². The van der Waals surface area contributed by atoms with E-state index >= 15 is 0 Å². The standard InChI is InChI=1S/C14H14F3NO3/c1-21-14(20)8-3-2-4-18(7-8)13(19)9-5-10(15)12(17)11(16)6-9/h5-6,8H,2-4,7H2,1H3. The van der Waals surface area contributed by atoms with Crippen LogP contribution in [0.2, 0.25) is 0 Å². The molecule has 1 fully saturated rings. The Hall–Kier alpha value is -2.05. The first-order chi connectivity index (χ1) is 9.93. The number of likely N-dealkylation sites (tertiary alicyclic amines) is 1. The molecule has 114 valence electrons. The first kappa shape index (κ1) is 15.3. The minimum Gasteiger partial charge on any atom is -0.469 e. The SMILES string of the molecule is COC(=O)C1CCCN(C(=O)c2cc(F)c(F)c(F)c2)C1. The van der Waals surface area contributed by atoms with Crippen LogP contribution >= 0.6 is 0 Å². The molecule has 1 heterocycles. The van der Waals surface area contributed by atoms with Gasteiger partial charge in [-0.1, -0.05) is 0 Å². The van der Waals surface area contributed by atoms with Crippen molar-refractivity contribution in [2.75, 3.05) is 20.2 Å². The van der Waals surface area contributed by atoms with Crippen LogP contribution in [0.3, 0.4) is 0 Å². The fraction of sp³-hybridized carbons (Fsp3) is 0.429. The Kier molecular flexibility index (Phi) is 4.50. The van der Waals surface area contributed by atoms with E-state index in [0.717, 1.165) is 0 Å². The molecule has 2 rings (SSSR count). The van der Waals surface area contributed by atoms with E-state index in [1.807, 2.05) is 0 Å². The molecule has 21 heavy (non-hydrogen) atoms. The van der Waals surface area contributed by atoms with Gasteiger partial charge in [-0.2, -0.15) is 0 Å². The summed E-state index contributed by atoms with van der Waals surface area (Å²) in [7, 11) is 1.26. The number of hydrogen-bond donors (Lipinski definition) is 0. The molecule has 1 aliphatic rings. The van der Waals surface area contributed by atoms with Gasteiger partial charge in [0, 0.05) is 18.7 Å². The number of halogens is 3. The Morgan fingerprint density at radius 2 is 1.86 bits per heavy atom. The smallest absolute Gasteiger partial charge is 0.310 e. The van der Waals surface area contributed by atoms with Crippen LogP contribution in [0.1, 0.15) is 23.2 Å². The second-order valence-electron chi connectivity index (χ2n) is 4.87. The lowest BCUT2D eigenvalue weighted by Gasteiger charge is -2.31. The van der Waals surface area contributed by atoms with E-state index in [2.05, 4.69) is 4.74 Å². The van der Waals surface area contributed by atoms with Gasteiger partial charge in [-0.15, -0.1) is 0 Å². The molecular weight excluding hydrogens is 287 g/mol. The highest BCUT2D eigenvalue weighted by Gasteiger charge is 2.30. The molecule has 0 aliphatic carbocycles. The predicted octanol–water partition coefficient (Wildman–Crippen LogP) is 2.13. The van der Waals surface area contributed by atoms with Gasteiger partial charge in [0.25, 0.3) is 5.91 Å². The van der Waals surface area contributed by atoms with Gasteiger partial charge in [0.1, 0.15) is 0 Å². The van der Waals surface area contributed by atoms with Crippen molar-refractivity contribution in [1.82, 2.24) is 4.90 Å². The van der Waals surface area contributed by atoms with Crippen molar-refractivity contribution < 1.29 is 27.5 Å². The van der Waals surface area contributed by atoms with Crippen LogP contribution in [-0.4, -0.2) is 37.0 Å². The summed E-state index contributed by atoms with van der Waals surface area (Å²) in [5.74, 6) is -5.97. The minimum atomic E-state index is -1.61. The highest BCUT2D eigenvalue weighted by Crippen LogP contribution is 2.21. The topological polar surface area (TPSA) is 46.6 Å². The van der Waals surface area contributed by atoms with Crippen molar-refractivity contribution in [3.8, 4) is 0 Å². The van der Waals surface area contributed by atoms with Crippen LogP contribution in [0, 0.1) is 23.4 Å². The van der Waals surface area contributed by atoms with E-state index in [-0.39, 0.29) is 12.1 Å². The second kappa shape index (κ2) is 6.15. The van der Waals surface area contributed by atoms with Gasteiger partial charge in [0.2, 0.25) is 0 Å². The molecular formula is C14H14F3NO3. The van der Waals surface area contributed by atoms with Gasteiger partial charge >= 0.3 is 5.97 Å². The number of methoxy groups -OCH3 is 1. The molecule has 1 unspecified atom stereocenters. The molecule has 1 atom stereocenters. The monoisotopic (exact) mass is 301 g/mol. The summed E-state index contributed by atoms with van der Waals surface area (Å²) in [6.07, 6.45) is 1.17. The van der Waals surface area contributed by atoms with E-state index in [1.165, 1.54) is 12.0 Å². The number of piperidine rings is 1. The normalized spacial score (nSPS) is 18.5. The van der Waals surface area contributed by atoms with Crippen molar-refractivity contribution in [1.29, 1.82) is 0 Å². The number of benzene rings is 1. The van der Waals surface area contributed by atoms with E-state index in [4.69, 9.17) is 0 Å². The summed E-state index contributed by atoms with van der Waals surface area (Å²) in [6, 6.07) is 1.31. The fourth-order valence-corrected chi connectivity index (χ4v) is 2.38. The van der Waals surface area contributed by atoms with Crippen molar-refractivity contribution in [2.24, 2.45) is 5.92 Å². The van der Waals surface area contributed by atoms with Crippen molar-refractivity contribution in [2.45, 2.75) is 12.8 Å². The number of esters is 1. The molecule has 0 N–H and O–H groups in total. The summed E-state index contributed by atoms with van der Waals surface area (Å²) in [6.45, 7) is 0.485. The zero-order chi connectivity index (χ0) is 15.6. The zero-order valence-corrected chi connectivity index (χ0v) is 11.4. The number of nitrogens with zero attached hydrogens (tertiary/aromatic N) is 1. The zero-order valence-electron chi connectivity index (χ0n) is 11.4. The van der Waals surface area contributed by atoms with Crippen LogP contribution in [-0.2, 0) is 9.53 Å². The first-order valence-electron chi connectivity index (χ1n) is 6.45. The van der Waals surface area contributed by atoms with E-state index in [0.29, 0.717) is 31.5 Å². The Labute approximate surface area is 119 Å². The number of carbonyl (C=O) groups is 2. The molecule has 1 saturated heterocycles. The van der Waals surface area contributed by atoms with Gasteiger partial charge < -0.3 is 9.64 Å². The van der Waals surface area contributed by atoms with Crippen LogP contribution in [0.25, 0.3) is 0 Å². The molecule has 0 saturated carbocycles. The lowest BCUT2D eigenvalue weighted by Crippen LogP contribution is -2.42. The molecule has 0 bridgehead atoms. The average molecular weight is 301 g/mol. The van der Waals surface area contributed by atoms with Crippen molar-refractivity contribution in [3.05, 3.63) is 35.1 Å². The molecule has 1 aromatic carbocycles. The lowest BCUT2D eigenvalue weighted by atomic mass is 9.97. The maximum Gasteiger partial charge on any atom is 0.310 e.